The number of likely N-dealkylation sites (tertiary alicyclic amines) is 1. The lowest BCUT2D eigenvalue weighted by Crippen LogP contribution is -2.49. The van der Waals surface area contributed by atoms with Crippen LogP contribution in [-0.2, 0) is 0 Å². The number of nitrogens with two attached hydrogens (primary N) is 1. The summed E-state index contributed by atoms with van der Waals surface area (Å²) in [7, 11) is 0. The van der Waals surface area contributed by atoms with E-state index in [1.165, 1.54) is 0 Å². The number of carbonyl (C=O) groups is 1. The van der Waals surface area contributed by atoms with Gasteiger partial charge in [0.2, 0.25) is 0 Å². The molecule has 1 amide bonds. The molecule has 1 aromatic carbocycles. The van der Waals surface area contributed by atoms with E-state index >= 15 is 0 Å². The summed E-state index contributed by atoms with van der Waals surface area (Å²) in [6, 6.07) is 9.87. The molecule has 0 radical (unpaired) electrons. The summed E-state index contributed by atoms with van der Waals surface area (Å²) in [5, 5.41) is 9.50. The Morgan fingerprint density at radius 3 is 2.76 bits per heavy atom. The molecule has 3 heterocycles. The molecule has 1 aliphatic heterocycles. The highest BCUT2D eigenvalue weighted by atomic mass is 35.5. The summed E-state index contributed by atoms with van der Waals surface area (Å²) in [4.78, 5) is 19.5. The van der Waals surface area contributed by atoms with E-state index in [1.807, 2.05) is 42.2 Å². The van der Waals surface area contributed by atoms with E-state index in [4.69, 9.17) is 5.73 Å². The lowest BCUT2D eigenvalue weighted by molar-refractivity contribution is 0.0566. The summed E-state index contributed by atoms with van der Waals surface area (Å²) in [5.41, 5.74) is 8.68. The van der Waals surface area contributed by atoms with Crippen LogP contribution in [0.4, 0.5) is 0 Å². The van der Waals surface area contributed by atoms with E-state index in [9.17, 15) is 4.79 Å². The minimum Gasteiger partial charge on any atom is -0.333 e. The predicted molar refractivity (Wildman–Crippen MR) is 118 cm³/mol. The van der Waals surface area contributed by atoms with Gasteiger partial charge >= 0.3 is 0 Å². The van der Waals surface area contributed by atoms with Crippen molar-refractivity contribution >= 4 is 41.6 Å². The van der Waals surface area contributed by atoms with Crippen LogP contribution in [0.2, 0.25) is 0 Å². The fourth-order valence-corrected chi connectivity index (χ4v) is 3.89. The first-order valence-electron chi connectivity index (χ1n) is 9.37. The van der Waals surface area contributed by atoms with Crippen molar-refractivity contribution in [2.75, 3.05) is 13.1 Å². The number of fused-ring (bicyclic) bond motifs is 1. The fraction of sp³-hybridized carbons (Fsp3) is 0.400. The van der Waals surface area contributed by atoms with Crippen molar-refractivity contribution in [1.29, 1.82) is 0 Å². The van der Waals surface area contributed by atoms with Gasteiger partial charge < -0.3 is 10.6 Å². The zero-order valence-corrected chi connectivity index (χ0v) is 18.1. The van der Waals surface area contributed by atoms with E-state index in [0.29, 0.717) is 30.4 Å². The van der Waals surface area contributed by atoms with Gasteiger partial charge in [-0.25, -0.2) is 4.68 Å². The SMILES string of the molecule is Cc1c(C(=O)N2CCC(C)CC2CN)nnn1-c1cccc2cccnc12.Cl.Cl. The maximum Gasteiger partial charge on any atom is 0.276 e. The molecule has 9 heteroatoms. The zero-order valence-electron chi connectivity index (χ0n) is 16.5. The Kier molecular flexibility index (Phi) is 7.57. The average molecular weight is 437 g/mol. The number of nitrogens with zero attached hydrogens (tertiary/aromatic N) is 5. The lowest BCUT2D eigenvalue weighted by atomic mass is 9.92. The molecule has 1 fully saturated rings. The third-order valence-corrected chi connectivity index (χ3v) is 5.45. The standard InChI is InChI=1S/C20H24N6O.2ClH/c1-13-8-10-25(16(11-13)12-21)20(27)18-14(2)26(24-23-18)17-7-3-5-15-6-4-9-22-19(15)17;;/h3-7,9,13,16H,8,10-12,21H2,1-2H3;2*1H. The predicted octanol–water partition coefficient (Wildman–Crippen LogP) is 3.17. The van der Waals surface area contributed by atoms with Gasteiger partial charge in [-0.15, -0.1) is 29.9 Å². The lowest BCUT2D eigenvalue weighted by Gasteiger charge is -2.37. The molecule has 2 N–H and O–H groups in total. The Labute approximate surface area is 182 Å². The van der Waals surface area contributed by atoms with Crippen molar-refractivity contribution in [2.24, 2.45) is 11.7 Å². The van der Waals surface area contributed by atoms with Crippen LogP contribution in [-0.4, -0.2) is 49.9 Å². The van der Waals surface area contributed by atoms with Gasteiger partial charge in [-0.2, -0.15) is 0 Å². The second kappa shape index (κ2) is 9.52. The normalized spacial score (nSPS) is 18.8. The van der Waals surface area contributed by atoms with Crippen molar-refractivity contribution in [3.8, 4) is 5.69 Å². The van der Waals surface area contributed by atoms with Crippen LogP contribution < -0.4 is 5.73 Å². The first-order chi connectivity index (χ1) is 13.1. The largest absolute Gasteiger partial charge is 0.333 e. The molecule has 2 unspecified atom stereocenters. The number of halogens is 2. The average Bonchev–Trinajstić information content (AvgIpc) is 3.08. The smallest absolute Gasteiger partial charge is 0.276 e. The van der Waals surface area contributed by atoms with Crippen molar-refractivity contribution < 1.29 is 4.79 Å². The first-order valence-corrected chi connectivity index (χ1v) is 9.37. The molecule has 2 atom stereocenters. The highest BCUT2D eigenvalue weighted by Crippen LogP contribution is 2.25. The second-order valence-electron chi connectivity index (χ2n) is 7.31. The molecule has 1 aliphatic rings. The van der Waals surface area contributed by atoms with Crippen LogP contribution in [0.25, 0.3) is 16.6 Å². The van der Waals surface area contributed by atoms with Crippen LogP contribution in [0.15, 0.2) is 36.5 Å². The number of hydrogen-bond donors (Lipinski definition) is 1. The van der Waals surface area contributed by atoms with Crippen LogP contribution in [0, 0.1) is 12.8 Å². The van der Waals surface area contributed by atoms with Gasteiger partial charge in [0.1, 0.15) is 0 Å². The Morgan fingerprint density at radius 2 is 2.00 bits per heavy atom. The molecule has 4 rings (SSSR count). The number of para-hydroxylation sites is 1. The van der Waals surface area contributed by atoms with Crippen molar-refractivity contribution in [1.82, 2.24) is 24.9 Å². The van der Waals surface area contributed by atoms with E-state index < -0.39 is 0 Å². The second-order valence-corrected chi connectivity index (χ2v) is 7.31. The molecule has 156 valence electrons. The zero-order chi connectivity index (χ0) is 19.0. The van der Waals surface area contributed by atoms with Gasteiger partial charge in [0, 0.05) is 30.7 Å². The van der Waals surface area contributed by atoms with E-state index in [2.05, 4.69) is 22.2 Å². The maximum atomic E-state index is 13.1. The molecule has 0 saturated carbocycles. The van der Waals surface area contributed by atoms with Crippen molar-refractivity contribution in [3.05, 3.63) is 47.9 Å². The summed E-state index contributed by atoms with van der Waals surface area (Å²) < 4.78 is 1.70. The number of aromatic nitrogens is 4. The molecule has 29 heavy (non-hydrogen) atoms. The summed E-state index contributed by atoms with van der Waals surface area (Å²) in [6.45, 7) is 5.26. The third kappa shape index (κ3) is 4.22. The van der Waals surface area contributed by atoms with Crippen LogP contribution in [0.3, 0.4) is 0 Å². The third-order valence-electron chi connectivity index (χ3n) is 5.45. The first kappa shape index (κ1) is 23.1. The Bertz CT molecular complexity index is 987. The number of rotatable bonds is 3. The van der Waals surface area contributed by atoms with Crippen LogP contribution in [0.1, 0.15) is 35.9 Å². The number of carbonyl (C=O) groups excluding carboxylic acids is 1. The quantitative estimate of drug-likeness (QED) is 0.680. The molecular formula is C20H26Cl2N6O. The van der Waals surface area contributed by atoms with Gasteiger partial charge in [-0.3, -0.25) is 9.78 Å². The minimum atomic E-state index is -0.0886. The number of benzene rings is 1. The fourth-order valence-electron chi connectivity index (χ4n) is 3.89. The van der Waals surface area contributed by atoms with Gasteiger partial charge in [-0.1, -0.05) is 30.3 Å². The summed E-state index contributed by atoms with van der Waals surface area (Å²) in [6.07, 6.45) is 3.68. The van der Waals surface area contributed by atoms with Crippen LogP contribution in [0.5, 0.6) is 0 Å². The van der Waals surface area contributed by atoms with Gasteiger partial charge in [0.15, 0.2) is 5.69 Å². The van der Waals surface area contributed by atoms with Gasteiger partial charge in [0.05, 0.1) is 16.9 Å². The molecular weight excluding hydrogens is 411 g/mol. The Morgan fingerprint density at radius 1 is 1.24 bits per heavy atom. The molecule has 3 aromatic rings. The van der Waals surface area contributed by atoms with Gasteiger partial charge in [-0.05, 0) is 37.8 Å². The number of piperidine rings is 1. The number of pyridine rings is 1. The summed E-state index contributed by atoms with van der Waals surface area (Å²) in [5.74, 6) is 0.496. The van der Waals surface area contributed by atoms with Crippen molar-refractivity contribution in [2.45, 2.75) is 32.7 Å². The van der Waals surface area contributed by atoms with Crippen molar-refractivity contribution in [3.63, 3.8) is 0 Å². The summed E-state index contributed by atoms with van der Waals surface area (Å²) >= 11 is 0. The molecule has 1 saturated heterocycles. The van der Waals surface area contributed by atoms with E-state index in [0.717, 1.165) is 29.4 Å². The highest BCUT2D eigenvalue weighted by molar-refractivity contribution is 5.94. The maximum absolute atomic E-state index is 13.1. The minimum absolute atomic E-state index is 0. The monoisotopic (exact) mass is 436 g/mol. The Balaban J connectivity index is 0.00000150. The van der Waals surface area contributed by atoms with Crippen LogP contribution >= 0.6 is 24.8 Å². The molecule has 0 bridgehead atoms. The van der Waals surface area contributed by atoms with E-state index in [-0.39, 0.29) is 36.8 Å². The molecule has 0 spiro atoms. The molecule has 0 aliphatic carbocycles. The number of amides is 1. The van der Waals surface area contributed by atoms with E-state index in [1.54, 1.807) is 10.9 Å². The topological polar surface area (TPSA) is 89.9 Å². The molecule has 7 nitrogen and oxygen atoms in total. The highest BCUT2D eigenvalue weighted by Gasteiger charge is 2.32. The van der Waals surface area contributed by atoms with Gasteiger partial charge in [0.25, 0.3) is 5.91 Å². The molecule has 2 aromatic heterocycles. The number of hydrogen-bond acceptors (Lipinski definition) is 5. The Hall–Kier alpha value is -2.22.